The molecule has 0 saturated heterocycles. The lowest BCUT2D eigenvalue weighted by atomic mass is 10.0. The zero-order valence-corrected chi connectivity index (χ0v) is 12.6. The Morgan fingerprint density at radius 1 is 0.700 bits per heavy atom. The largest absolute Gasteiger partial charge is 0.393 e. The molecule has 0 heterocycles. The smallest absolute Gasteiger partial charge is 0.0543 e. The average molecular weight is 291 g/mol. The zero-order chi connectivity index (χ0) is 13.3. The number of hydrogen-bond acceptors (Lipinski definition) is 1. The summed E-state index contributed by atoms with van der Waals surface area (Å²) in [6.45, 7) is 0. The third kappa shape index (κ3) is 6.23. The van der Waals surface area contributed by atoms with Crippen molar-refractivity contribution in [2.75, 3.05) is 0 Å². The van der Waals surface area contributed by atoms with E-state index in [1.165, 1.54) is 11.1 Å². The second kappa shape index (κ2) is 9.57. The lowest BCUT2D eigenvalue weighted by molar-refractivity contribution is 0.152. The van der Waals surface area contributed by atoms with E-state index in [9.17, 15) is 5.11 Å². The van der Waals surface area contributed by atoms with Crippen LogP contribution in [0.15, 0.2) is 60.7 Å². The first kappa shape index (κ1) is 16.7. The molecule has 2 heteroatoms. The van der Waals surface area contributed by atoms with Crippen LogP contribution in [-0.4, -0.2) is 11.2 Å². The summed E-state index contributed by atoms with van der Waals surface area (Å²) in [7, 11) is 0. The summed E-state index contributed by atoms with van der Waals surface area (Å²) in [5.41, 5.74) is 2.67. The summed E-state index contributed by atoms with van der Waals surface area (Å²) in [6.07, 6.45) is 4.65. The number of aryl methyl sites for hydroxylation is 2. The molecule has 2 aromatic rings. The molecule has 0 radical (unpaired) electrons. The molecule has 0 aliphatic carbocycles. The molecule has 0 spiro atoms. The van der Waals surface area contributed by atoms with Crippen molar-refractivity contribution >= 4 is 12.4 Å². The Kier molecular flexibility index (Phi) is 8.01. The van der Waals surface area contributed by atoms with Gasteiger partial charge in [-0.3, -0.25) is 0 Å². The van der Waals surface area contributed by atoms with Gasteiger partial charge in [0.05, 0.1) is 6.10 Å². The third-order valence-electron chi connectivity index (χ3n) is 3.45. The van der Waals surface area contributed by atoms with Crippen LogP contribution >= 0.6 is 12.4 Å². The molecular weight excluding hydrogens is 268 g/mol. The minimum Gasteiger partial charge on any atom is -0.393 e. The average Bonchev–Trinajstić information content (AvgIpc) is 2.47. The summed E-state index contributed by atoms with van der Waals surface area (Å²) in [4.78, 5) is 0. The lowest BCUT2D eigenvalue weighted by Crippen LogP contribution is -2.08. The van der Waals surface area contributed by atoms with Crippen molar-refractivity contribution in [3.05, 3.63) is 71.8 Å². The Balaban J connectivity index is 0.00000200. The normalized spacial score (nSPS) is 11.7. The minimum absolute atomic E-state index is 0. The van der Waals surface area contributed by atoms with Crippen LogP contribution in [-0.2, 0) is 12.8 Å². The van der Waals surface area contributed by atoms with Crippen LogP contribution in [0, 0.1) is 0 Å². The van der Waals surface area contributed by atoms with Gasteiger partial charge in [-0.25, -0.2) is 0 Å². The second-order valence-corrected chi connectivity index (χ2v) is 5.06. The molecular formula is C18H23ClO. The summed E-state index contributed by atoms with van der Waals surface area (Å²) < 4.78 is 0. The van der Waals surface area contributed by atoms with Gasteiger partial charge < -0.3 is 5.11 Å². The molecule has 108 valence electrons. The van der Waals surface area contributed by atoms with E-state index >= 15 is 0 Å². The van der Waals surface area contributed by atoms with Gasteiger partial charge in [0, 0.05) is 0 Å². The summed E-state index contributed by atoms with van der Waals surface area (Å²) in [5, 5.41) is 9.99. The van der Waals surface area contributed by atoms with Crippen molar-refractivity contribution in [1.29, 1.82) is 0 Å². The number of benzene rings is 2. The number of aliphatic hydroxyl groups is 1. The zero-order valence-electron chi connectivity index (χ0n) is 11.7. The van der Waals surface area contributed by atoms with Crippen LogP contribution in [0.4, 0.5) is 0 Å². The van der Waals surface area contributed by atoms with E-state index in [1.807, 2.05) is 12.1 Å². The van der Waals surface area contributed by atoms with Crippen molar-refractivity contribution in [3.8, 4) is 0 Å². The maximum Gasteiger partial charge on any atom is 0.0543 e. The Labute approximate surface area is 128 Å². The molecule has 2 rings (SSSR count). The third-order valence-corrected chi connectivity index (χ3v) is 3.45. The fraction of sp³-hybridized carbons (Fsp3) is 0.333. The van der Waals surface area contributed by atoms with Gasteiger partial charge in [0.1, 0.15) is 0 Å². The molecule has 0 aliphatic rings. The van der Waals surface area contributed by atoms with Crippen LogP contribution in [0.1, 0.15) is 30.4 Å². The van der Waals surface area contributed by atoms with Crippen LogP contribution in [0.2, 0.25) is 0 Å². The first-order valence-electron chi connectivity index (χ1n) is 7.10. The topological polar surface area (TPSA) is 20.2 Å². The minimum atomic E-state index is -0.177. The molecule has 20 heavy (non-hydrogen) atoms. The highest BCUT2D eigenvalue weighted by atomic mass is 35.5. The van der Waals surface area contributed by atoms with Crippen LogP contribution in [0.25, 0.3) is 0 Å². The number of aliphatic hydroxyl groups excluding tert-OH is 1. The van der Waals surface area contributed by atoms with Crippen LogP contribution in [0.3, 0.4) is 0 Å². The number of halogens is 1. The fourth-order valence-electron chi connectivity index (χ4n) is 2.31. The van der Waals surface area contributed by atoms with Gasteiger partial charge in [-0.15, -0.1) is 12.4 Å². The molecule has 0 aromatic heterocycles. The van der Waals surface area contributed by atoms with Gasteiger partial charge in [0.15, 0.2) is 0 Å². The quantitative estimate of drug-likeness (QED) is 0.800. The fourth-order valence-corrected chi connectivity index (χ4v) is 2.31. The molecule has 0 bridgehead atoms. The maximum atomic E-state index is 9.99. The van der Waals surface area contributed by atoms with Crippen molar-refractivity contribution in [2.45, 2.75) is 38.2 Å². The highest BCUT2D eigenvalue weighted by molar-refractivity contribution is 5.85. The predicted molar refractivity (Wildman–Crippen MR) is 87.4 cm³/mol. The van der Waals surface area contributed by atoms with E-state index in [0.717, 1.165) is 32.1 Å². The van der Waals surface area contributed by atoms with E-state index in [0.29, 0.717) is 0 Å². The summed E-state index contributed by atoms with van der Waals surface area (Å²) >= 11 is 0. The molecule has 1 N–H and O–H groups in total. The molecule has 0 amide bonds. The monoisotopic (exact) mass is 290 g/mol. The second-order valence-electron chi connectivity index (χ2n) is 5.06. The van der Waals surface area contributed by atoms with E-state index < -0.39 is 0 Å². The molecule has 1 atom stereocenters. The molecule has 0 fully saturated rings. The van der Waals surface area contributed by atoms with E-state index in [-0.39, 0.29) is 18.5 Å². The number of rotatable bonds is 7. The Hall–Kier alpha value is -1.31. The highest BCUT2D eigenvalue weighted by Crippen LogP contribution is 2.11. The molecule has 1 nitrogen and oxygen atoms in total. The van der Waals surface area contributed by atoms with E-state index in [1.54, 1.807) is 0 Å². The van der Waals surface area contributed by atoms with Gasteiger partial charge in [-0.05, 0) is 43.2 Å². The predicted octanol–water partition coefficient (Wildman–Crippen LogP) is 4.42. The van der Waals surface area contributed by atoms with Crippen LogP contribution in [0.5, 0.6) is 0 Å². The van der Waals surface area contributed by atoms with E-state index in [2.05, 4.69) is 48.5 Å². The van der Waals surface area contributed by atoms with Gasteiger partial charge in [0.2, 0.25) is 0 Å². The Bertz CT molecular complexity index is 455. The molecule has 0 saturated carbocycles. The first-order chi connectivity index (χ1) is 9.34. The van der Waals surface area contributed by atoms with Crippen molar-refractivity contribution in [2.24, 2.45) is 0 Å². The maximum absolute atomic E-state index is 9.99. The highest BCUT2D eigenvalue weighted by Gasteiger charge is 2.04. The summed E-state index contributed by atoms with van der Waals surface area (Å²) in [5.74, 6) is 0. The van der Waals surface area contributed by atoms with Gasteiger partial charge >= 0.3 is 0 Å². The summed E-state index contributed by atoms with van der Waals surface area (Å²) in [6, 6.07) is 20.9. The Morgan fingerprint density at radius 2 is 1.20 bits per heavy atom. The first-order valence-corrected chi connectivity index (χ1v) is 7.10. The molecule has 1 unspecified atom stereocenters. The van der Waals surface area contributed by atoms with Crippen LogP contribution < -0.4 is 0 Å². The van der Waals surface area contributed by atoms with Gasteiger partial charge in [0.25, 0.3) is 0 Å². The van der Waals surface area contributed by atoms with Crippen molar-refractivity contribution in [3.63, 3.8) is 0 Å². The Morgan fingerprint density at radius 3 is 1.75 bits per heavy atom. The standard InChI is InChI=1S/C18H22O.ClH/c19-18(15-14-17-10-5-2-6-11-17)13-7-12-16-8-3-1-4-9-16;/h1-6,8-11,18-19H,7,12-15H2;1H. The van der Waals surface area contributed by atoms with E-state index in [4.69, 9.17) is 0 Å². The van der Waals surface area contributed by atoms with Gasteiger partial charge in [-0.1, -0.05) is 60.7 Å². The van der Waals surface area contributed by atoms with Gasteiger partial charge in [-0.2, -0.15) is 0 Å². The van der Waals surface area contributed by atoms with Crippen molar-refractivity contribution in [1.82, 2.24) is 0 Å². The number of hydrogen-bond donors (Lipinski definition) is 1. The lowest BCUT2D eigenvalue weighted by Gasteiger charge is -2.10. The molecule has 0 aliphatic heterocycles. The van der Waals surface area contributed by atoms with Crippen molar-refractivity contribution < 1.29 is 5.11 Å². The SMILES string of the molecule is Cl.OC(CCCc1ccccc1)CCc1ccccc1. The molecule has 2 aromatic carbocycles.